The maximum atomic E-state index is 5.15. The van der Waals surface area contributed by atoms with Gasteiger partial charge in [0.15, 0.2) is 0 Å². The van der Waals surface area contributed by atoms with Gasteiger partial charge in [0, 0.05) is 12.5 Å². The van der Waals surface area contributed by atoms with Crippen molar-refractivity contribution in [2.75, 3.05) is 13.1 Å². The molecule has 0 saturated carbocycles. The second kappa shape index (κ2) is 3.27. The quantitative estimate of drug-likeness (QED) is 0.715. The smallest absolute Gasteiger partial charge is 0.137 e. The zero-order valence-electron chi connectivity index (χ0n) is 7.34. The molecule has 1 aromatic heterocycles. The van der Waals surface area contributed by atoms with Gasteiger partial charge in [0.25, 0.3) is 0 Å². The van der Waals surface area contributed by atoms with Crippen LogP contribution in [0.5, 0.6) is 0 Å². The van der Waals surface area contributed by atoms with Gasteiger partial charge >= 0.3 is 0 Å². The van der Waals surface area contributed by atoms with Crippen LogP contribution in [0.4, 0.5) is 0 Å². The summed E-state index contributed by atoms with van der Waals surface area (Å²) in [6.07, 6.45) is 2.30. The molecule has 1 fully saturated rings. The maximum Gasteiger partial charge on any atom is 0.137 e. The molecular formula is C9H14N2O. The van der Waals surface area contributed by atoms with E-state index in [1.807, 2.05) is 13.0 Å². The summed E-state index contributed by atoms with van der Waals surface area (Å²) in [5.41, 5.74) is 0.982. The summed E-state index contributed by atoms with van der Waals surface area (Å²) >= 11 is 0. The van der Waals surface area contributed by atoms with Crippen LogP contribution in [-0.4, -0.2) is 18.2 Å². The van der Waals surface area contributed by atoms with Crippen molar-refractivity contribution in [3.63, 3.8) is 0 Å². The van der Waals surface area contributed by atoms with Gasteiger partial charge in [-0.3, -0.25) is 0 Å². The summed E-state index contributed by atoms with van der Waals surface area (Å²) in [7, 11) is 0. The topological polar surface area (TPSA) is 38.1 Å². The SMILES string of the molecule is Cc1cc(CC2CCNC2)on1. The Bertz CT molecular complexity index is 251. The van der Waals surface area contributed by atoms with Crippen LogP contribution < -0.4 is 5.32 Å². The summed E-state index contributed by atoms with van der Waals surface area (Å²) in [5, 5.41) is 7.20. The fourth-order valence-electron chi connectivity index (χ4n) is 1.69. The Labute approximate surface area is 72.1 Å². The Morgan fingerprint density at radius 3 is 3.25 bits per heavy atom. The first-order chi connectivity index (χ1) is 5.84. The van der Waals surface area contributed by atoms with E-state index in [0.717, 1.165) is 36.9 Å². The third-order valence-corrected chi connectivity index (χ3v) is 2.33. The highest BCUT2D eigenvalue weighted by atomic mass is 16.5. The third-order valence-electron chi connectivity index (χ3n) is 2.33. The van der Waals surface area contributed by atoms with Gasteiger partial charge in [-0.2, -0.15) is 0 Å². The molecule has 1 saturated heterocycles. The van der Waals surface area contributed by atoms with Crippen molar-refractivity contribution in [3.8, 4) is 0 Å². The van der Waals surface area contributed by atoms with Crippen LogP contribution in [0.1, 0.15) is 17.9 Å². The van der Waals surface area contributed by atoms with Gasteiger partial charge in [-0.25, -0.2) is 0 Å². The summed E-state index contributed by atoms with van der Waals surface area (Å²) in [5.74, 6) is 1.78. The van der Waals surface area contributed by atoms with Crippen LogP contribution in [0, 0.1) is 12.8 Å². The lowest BCUT2D eigenvalue weighted by Crippen LogP contribution is -2.10. The third kappa shape index (κ3) is 1.67. The lowest BCUT2D eigenvalue weighted by molar-refractivity contribution is 0.360. The van der Waals surface area contributed by atoms with E-state index in [1.54, 1.807) is 0 Å². The number of hydrogen-bond acceptors (Lipinski definition) is 3. The molecule has 0 amide bonds. The molecule has 3 nitrogen and oxygen atoms in total. The average Bonchev–Trinajstić information content (AvgIpc) is 2.63. The van der Waals surface area contributed by atoms with Gasteiger partial charge in [-0.1, -0.05) is 5.16 Å². The van der Waals surface area contributed by atoms with E-state index in [1.165, 1.54) is 6.42 Å². The molecule has 0 aliphatic carbocycles. The van der Waals surface area contributed by atoms with Gasteiger partial charge in [-0.05, 0) is 32.4 Å². The molecule has 0 radical (unpaired) electrons. The Kier molecular flexibility index (Phi) is 2.13. The van der Waals surface area contributed by atoms with E-state index in [4.69, 9.17) is 4.52 Å². The van der Waals surface area contributed by atoms with Gasteiger partial charge in [0.1, 0.15) is 5.76 Å². The van der Waals surface area contributed by atoms with Crippen LogP contribution in [-0.2, 0) is 6.42 Å². The first-order valence-corrected chi connectivity index (χ1v) is 4.47. The Hall–Kier alpha value is -0.830. The van der Waals surface area contributed by atoms with Crippen LogP contribution in [0.25, 0.3) is 0 Å². The molecule has 12 heavy (non-hydrogen) atoms. The minimum Gasteiger partial charge on any atom is -0.361 e. The number of rotatable bonds is 2. The summed E-state index contributed by atoms with van der Waals surface area (Å²) in [4.78, 5) is 0. The van der Waals surface area contributed by atoms with Gasteiger partial charge in [0.05, 0.1) is 5.69 Å². The van der Waals surface area contributed by atoms with E-state index in [-0.39, 0.29) is 0 Å². The summed E-state index contributed by atoms with van der Waals surface area (Å²) in [6, 6.07) is 2.03. The fraction of sp³-hybridized carbons (Fsp3) is 0.667. The van der Waals surface area contributed by atoms with Crippen molar-refractivity contribution in [3.05, 3.63) is 17.5 Å². The summed E-state index contributed by atoms with van der Waals surface area (Å²) in [6.45, 7) is 4.23. The predicted octanol–water partition coefficient (Wildman–Crippen LogP) is 1.14. The Balaban J connectivity index is 1.94. The number of nitrogens with zero attached hydrogens (tertiary/aromatic N) is 1. The number of hydrogen-bond donors (Lipinski definition) is 1. The number of nitrogens with one attached hydrogen (secondary N) is 1. The highest BCUT2D eigenvalue weighted by Gasteiger charge is 2.16. The standard InChI is InChI=1S/C9H14N2O/c1-7-4-9(12-11-7)5-8-2-3-10-6-8/h4,8,10H,2-3,5-6H2,1H3. The van der Waals surface area contributed by atoms with Gasteiger partial charge in [-0.15, -0.1) is 0 Å². The Morgan fingerprint density at radius 1 is 1.75 bits per heavy atom. The van der Waals surface area contributed by atoms with Gasteiger partial charge < -0.3 is 9.84 Å². The molecule has 1 atom stereocenters. The molecule has 0 spiro atoms. The Morgan fingerprint density at radius 2 is 2.67 bits per heavy atom. The van der Waals surface area contributed by atoms with E-state index in [2.05, 4.69) is 10.5 Å². The molecule has 0 bridgehead atoms. The van der Waals surface area contributed by atoms with Crippen LogP contribution in [0.2, 0.25) is 0 Å². The largest absolute Gasteiger partial charge is 0.361 e. The highest BCUT2D eigenvalue weighted by molar-refractivity contribution is 5.04. The molecule has 1 aromatic rings. The van der Waals surface area contributed by atoms with E-state index < -0.39 is 0 Å². The molecule has 1 aliphatic rings. The van der Waals surface area contributed by atoms with Crippen molar-refractivity contribution < 1.29 is 4.52 Å². The lowest BCUT2D eigenvalue weighted by atomic mass is 10.0. The minimum absolute atomic E-state index is 0.748. The highest BCUT2D eigenvalue weighted by Crippen LogP contribution is 2.15. The maximum absolute atomic E-state index is 5.15. The van der Waals surface area contributed by atoms with E-state index in [9.17, 15) is 0 Å². The monoisotopic (exact) mass is 166 g/mol. The lowest BCUT2D eigenvalue weighted by Gasteiger charge is -2.02. The van der Waals surface area contributed by atoms with Crippen LogP contribution in [0.15, 0.2) is 10.6 Å². The summed E-state index contributed by atoms with van der Waals surface area (Å²) < 4.78 is 5.15. The molecule has 1 aliphatic heterocycles. The normalized spacial score (nSPS) is 23.2. The molecule has 1 unspecified atom stereocenters. The van der Waals surface area contributed by atoms with Crippen molar-refractivity contribution in [2.45, 2.75) is 19.8 Å². The van der Waals surface area contributed by atoms with Crippen molar-refractivity contribution in [1.29, 1.82) is 0 Å². The van der Waals surface area contributed by atoms with Gasteiger partial charge in [0.2, 0.25) is 0 Å². The van der Waals surface area contributed by atoms with E-state index >= 15 is 0 Å². The number of aromatic nitrogens is 1. The zero-order valence-corrected chi connectivity index (χ0v) is 7.34. The fourth-order valence-corrected chi connectivity index (χ4v) is 1.69. The minimum atomic E-state index is 0.748. The van der Waals surface area contributed by atoms with Crippen molar-refractivity contribution in [1.82, 2.24) is 10.5 Å². The first-order valence-electron chi connectivity index (χ1n) is 4.47. The second-order valence-electron chi connectivity index (χ2n) is 3.50. The molecular weight excluding hydrogens is 152 g/mol. The van der Waals surface area contributed by atoms with Crippen LogP contribution in [0.3, 0.4) is 0 Å². The van der Waals surface area contributed by atoms with E-state index in [0.29, 0.717) is 0 Å². The van der Waals surface area contributed by atoms with Crippen LogP contribution >= 0.6 is 0 Å². The molecule has 2 rings (SSSR count). The molecule has 3 heteroatoms. The molecule has 2 heterocycles. The second-order valence-corrected chi connectivity index (χ2v) is 3.50. The molecule has 66 valence electrons. The number of aryl methyl sites for hydroxylation is 1. The predicted molar refractivity (Wildman–Crippen MR) is 45.9 cm³/mol. The average molecular weight is 166 g/mol. The zero-order chi connectivity index (χ0) is 8.39. The van der Waals surface area contributed by atoms with Crippen molar-refractivity contribution in [2.24, 2.45) is 5.92 Å². The molecule has 1 N–H and O–H groups in total. The first kappa shape index (κ1) is 7.80. The molecule has 0 aromatic carbocycles. The van der Waals surface area contributed by atoms with Crippen molar-refractivity contribution >= 4 is 0 Å².